The molecule has 2 aromatic rings. The molecule has 1 aliphatic heterocycles. The minimum absolute atomic E-state index is 0.296. The SMILES string of the molecule is Cc1cc(CNc2ccccc2N2CCOC2=O)n[nH]1. The number of para-hydroxylation sites is 2. The Hall–Kier alpha value is -2.50. The van der Waals surface area contributed by atoms with Crippen molar-refractivity contribution in [3.63, 3.8) is 0 Å². The van der Waals surface area contributed by atoms with Gasteiger partial charge in [-0.3, -0.25) is 10.00 Å². The van der Waals surface area contributed by atoms with Gasteiger partial charge in [-0.2, -0.15) is 5.10 Å². The van der Waals surface area contributed by atoms with E-state index >= 15 is 0 Å². The van der Waals surface area contributed by atoms with Gasteiger partial charge >= 0.3 is 6.09 Å². The molecule has 0 spiro atoms. The summed E-state index contributed by atoms with van der Waals surface area (Å²) in [5.41, 5.74) is 3.69. The molecule has 3 rings (SSSR count). The van der Waals surface area contributed by atoms with Gasteiger partial charge in [-0.25, -0.2) is 4.79 Å². The molecule has 104 valence electrons. The maximum Gasteiger partial charge on any atom is 0.414 e. The van der Waals surface area contributed by atoms with Crippen molar-refractivity contribution in [2.75, 3.05) is 23.4 Å². The van der Waals surface area contributed by atoms with E-state index in [1.807, 2.05) is 37.3 Å². The molecular weight excluding hydrogens is 256 g/mol. The summed E-state index contributed by atoms with van der Waals surface area (Å²) in [5, 5.41) is 10.4. The zero-order valence-electron chi connectivity index (χ0n) is 11.2. The number of aryl methyl sites for hydroxylation is 1. The number of aromatic nitrogens is 2. The lowest BCUT2D eigenvalue weighted by molar-refractivity contribution is 0.181. The number of benzene rings is 1. The summed E-state index contributed by atoms with van der Waals surface area (Å²) < 4.78 is 4.98. The number of H-pyrrole nitrogens is 1. The zero-order valence-corrected chi connectivity index (χ0v) is 11.2. The van der Waals surface area contributed by atoms with E-state index in [4.69, 9.17) is 4.74 Å². The van der Waals surface area contributed by atoms with Gasteiger partial charge in [0.1, 0.15) is 6.61 Å². The summed E-state index contributed by atoms with van der Waals surface area (Å²) in [7, 11) is 0. The van der Waals surface area contributed by atoms with E-state index in [1.165, 1.54) is 0 Å². The normalized spacial score (nSPS) is 14.4. The maximum atomic E-state index is 11.7. The fraction of sp³-hybridized carbons (Fsp3) is 0.286. The van der Waals surface area contributed by atoms with Crippen molar-refractivity contribution in [1.29, 1.82) is 0 Å². The molecule has 6 heteroatoms. The number of nitrogens with zero attached hydrogens (tertiary/aromatic N) is 2. The summed E-state index contributed by atoms with van der Waals surface area (Å²) in [6.07, 6.45) is -0.296. The molecule has 0 radical (unpaired) electrons. The van der Waals surface area contributed by atoms with Gasteiger partial charge in [0.05, 0.1) is 30.2 Å². The van der Waals surface area contributed by atoms with Crippen molar-refractivity contribution in [1.82, 2.24) is 10.2 Å². The largest absolute Gasteiger partial charge is 0.447 e. The molecule has 1 saturated heterocycles. The fourth-order valence-corrected chi connectivity index (χ4v) is 2.22. The van der Waals surface area contributed by atoms with Crippen LogP contribution in [0.2, 0.25) is 0 Å². The molecule has 0 atom stereocenters. The molecule has 1 amide bonds. The standard InChI is InChI=1S/C14H16N4O2/c1-10-8-11(17-16-10)9-15-12-4-2-3-5-13(12)18-6-7-20-14(18)19/h2-5,8,15H,6-7,9H2,1H3,(H,16,17). The smallest absolute Gasteiger partial charge is 0.414 e. The predicted octanol–water partition coefficient (Wildman–Crippen LogP) is 2.29. The van der Waals surface area contributed by atoms with Crippen molar-refractivity contribution in [2.24, 2.45) is 0 Å². The molecular formula is C14H16N4O2. The number of anilines is 2. The van der Waals surface area contributed by atoms with Crippen LogP contribution in [-0.4, -0.2) is 29.4 Å². The number of cyclic esters (lactones) is 1. The number of amides is 1. The minimum Gasteiger partial charge on any atom is -0.447 e. The number of ether oxygens (including phenoxy) is 1. The van der Waals surface area contributed by atoms with Crippen LogP contribution in [0, 0.1) is 6.92 Å². The van der Waals surface area contributed by atoms with Crippen LogP contribution in [0.3, 0.4) is 0 Å². The summed E-state index contributed by atoms with van der Waals surface area (Å²) in [6, 6.07) is 9.68. The second-order valence-electron chi connectivity index (χ2n) is 4.68. The Morgan fingerprint density at radius 2 is 2.30 bits per heavy atom. The first kappa shape index (κ1) is 12.5. The molecule has 20 heavy (non-hydrogen) atoms. The topological polar surface area (TPSA) is 70.2 Å². The highest BCUT2D eigenvalue weighted by atomic mass is 16.6. The van der Waals surface area contributed by atoms with Crippen molar-refractivity contribution in [2.45, 2.75) is 13.5 Å². The van der Waals surface area contributed by atoms with Crippen LogP contribution in [0.4, 0.5) is 16.2 Å². The van der Waals surface area contributed by atoms with Crippen molar-refractivity contribution >= 4 is 17.5 Å². The van der Waals surface area contributed by atoms with Gasteiger partial charge in [0.25, 0.3) is 0 Å². The third kappa shape index (κ3) is 2.45. The number of carbonyl (C=O) groups is 1. The summed E-state index contributed by atoms with van der Waals surface area (Å²) in [4.78, 5) is 13.3. The first-order valence-corrected chi connectivity index (χ1v) is 6.52. The Bertz CT molecular complexity index is 623. The van der Waals surface area contributed by atoms with E-state index in [2.05, 4.69) is 15.5 Å². The number of nitrogens with one attached hydrogen (secondary N) is 2. The third-order valence-electron chi connectivity index (χ3n) is 3.17. The maximum absolute atomic E-state index is 11.7. The first-order chi connectivity index (χ1) is 9.74. The van der Waals surface area contributed by atoms with Crippen LogP contribution in [0.5, 0.6) is 0 Å². The number of aromatic amines is 1. The van der Waals surface area contributed by atoms with Crippen molar-refractivity contribution in [3.8, 4) is 0 Å². The molecule has 1 fully saturated rings. The van der Waals surface area contributed by atoms with Gasteiger partial charge in [-0.15, -0.1) is 0 Å². The van der Waals surface area contributed by atoms with Gasteiger partial charge in [0, 0.05) is 5.69 Å². The first-order valence-electron chi connectivity index (χ1n) is 6.52. The highest BCUT2D eigenvalue weighted by Gasteiger charge is 2.25. The molecule has 0 unspecified atom stereocenters. The van der Waals surface area contributed by atoms with Gasteiger partial charge in [-0.05, 0) is 25.1 Å². The van der Waals surface area contributed by atoms with E-state index < -0.39 is 0 Å². The van der Waals surface area contributed by atoms with Crippen molar-refractivity contribution in [3.05, 3.63) is 41.7 Å². The quantitative estimate of drug-likeness (QED) is 0.896. The van der Waals surface area contributed by atoms with Crippen LogP contribution >= 0.6 is 0 Å². The second kappa shape index (κ2) is 5.24. The van der Waals surface area contributed by atoms with Gasteiger partial charge in [-0.1, -0.05) is 12.1 Å². The van der Waals surface area contributed by atoms with Crippen LogP contribution in [0.25, 0.3) is 0 Å². The van der Waals surface area contributed by atoms with Gasteiger partial charge in [0.15, 0.2) is 0 Å². The minimum atomic E-state index is -0.296. The number of hydrogen-bond acceptors (Lipinski definition) is 4. The Labute approximate surface area is 116 Å². The van der Waals surface area contributed by atoms with Crippen LogP contribution in [-0.2, 0) is 11.3 Å². The van der Waals surface area contributed by atoms with E-state index in [-0.39, 0.29) is 6.09 Å². The van der Waals surface area contributed by atoms with Crippen molar-refractivity contribution < 1.29 is 9.53 Å². The Balaban J connectivity index is 1.77. The summed E-state index contributed by atoms with van der Waals surface area (Å²) in [6.45, 7) is 3.58. The Morgan fingerprint density at radius 3 is 3.00 bits per heavy atom. The molecule has 1 aromatic carbocycles. The number of carbonyl (C=O) groups excluding carboxylic acids is 1. The lowest BCUT2D eigenvalue weighted by Gasteiger charge is -2.17. The molecule has 2 N–H and O–H groups in total. The summed E-state index contributed by atoms with van der Waals surface area (Å²) in [5.74, 6) is 0. The lowest BCUT2D eigenvalue weighted by Crippen LogP contribution is -2.24. The number of hydrogen-bond donors (Lipinski definition) is 2. The summed E-state index contributed by atoms with van der Waals surface area (Å²) >= 11 is 0. The van der Waals surface area contributed by atoms with Crippen LogP contribution < -0.4 is 10.2 Å². The molecule has 6 nitrogen and oxygen atoms in total. The Kier molecular flexibility index (Phi) is 3.28. The van der Waals surface area contributed by atoms with E-state index in [0.29, 0.717) is 19.7 Å². The predicted molar refractivity (Wildman–Crippen MR) is 75.8 cm³/mol. The Morgan fingerprint density at radius 1 is 1.45 bits per heavy atom. The average Bonchev–Trinajstić information content (AvgIpc) is 3.05. The fourth-order valence-electron chi connectivity index (χ4n) is 2.22. The van der Waals surface area contributed by atoms with E-state index in [1.54, 1.807) is 4.90 Å². The molecule has 0 bridgehead atoms. The molecule has 1 aliphatic rings. The molecule has 0 saturated carbocycles. The average molecular weight is 272 g/mol. The van der Waals surface area contributed by atoms with Gasteiger partial charge in [0.2, 0.25) is 0 Å². The highest BCUT2D eigenvalue weighted by Crippen LogP contribution is 2.28. The van der Waals surface area contributed by atoms with E-state index in [0.717, 1.165) is 22.8 Å². The molecule has 1 aromatic heterocycles. The van der Waals surface area contributed by atoms with Crippen LogP contribution in [0.1, 0.15) is 11.4 Å². The van der Waals surface area contributed by atoms with E-state index in [9.17, 15) is 4.79 Å². The highest BCUT2D eigenvalue weighted by molar-refractivity contribution is 5.93. The molecule has 0 aliphatic carbocycles. The molecule has 2 heterocycles. The zero-order chi connectivity index (χ0) is 13.9. The second-order valence-corrected chi connectivity index (χ2v) is 4.68. The number of rotatable bonds is 4. The third-order valence-corrected chi connectivity index (χ3v) is 3.17. The van der Waals surface area contributed by atoms with Crippen LogP contribution in [0.15, 0.2) is 30.3 Å². The van der Waals surface area contributed by atoms with Gasteiger partial charge < -0.3 is 10.1 Å². The lowest BCUT2D eigenvalue weighted by atomic mass is 10.2. The monoisotopic (exact) mass is 272 g/mol.